The number of hydrogen-bond donors (Lipinski definition) is 2. The van der Waals surface area contributed by atoms with Crippen LogP contribution in [0.3, 0.4) is 0 Å². The maximum absolute atomic E-state index is 13.9. The number of halogens is 1. The molecule has 0 spiro atoms. The molecule has 3 aromatic rings. The van der Waals surface area contributed by atoms with Crippen LogP contribution in [0.2, 0.25) is 5.02 Å². The van der Waals surface area contributed by atoms with E-state index < -0.39 is 23.5 Å². The number of benzene rings is 2. The summed E-state index contributed by atoms with van der Waals surface area (Å²) in [4.78, 5) is 33.9. The predicted molar refractivity (Wildman–Crippen MR) is 136 cm³/mol. The maximum Gasteiger partial charge on any atom is 0.290 e. The standard InChI is InChI=1S/C27H25ClN2O4S/c1-15-25(35-26(29-15)16-8-4-2-5-9-16)23(32)21-22(17-12-13-20(31)19(28)14-17)30(27(34)24(21)33)18-10-6-3-7-11-18/h2,4-5,8-9,12-14,18,22,31,33H,3,6-7,10-11H2,1H3. The van der Waals surface area contributed by atoms with Crippen molar-refractivity contribution in [1.82, 2.24) is 9.88 Å². The maximum atomic E-state index is 13.9. The molecule has 8 heteroatoms. The molecule has 1 amide bonds. The zero-order chi connectivity index (χ0) is 24.7. The van der Waals surface area contributed by atoms with Gasteiger partial charge in [0.2, 0.25) is 5.78 Å². The summed E-state index contributed by atoms with van der Waals surface area (Å²) in [7, 11) is 0. The minimum atomic E-state index is -0.794. The van der Waals surface area contributed by atoms with Gasteiger partial charge in [-0.1, -0.05) is 67.3 Å². The highest BCUT2D eigenvalue weighted by atomic mass is 35.5. The second-order valence-electron chi connectivity index (χ2n) is 9.01. The molecule has 2 N–H and O–H groups in total. The second kappa shape index (κ2) is 9.47. The lowest BCUT2D eigenvalue weighted by molar-refractivity contribution is -0.132. The molecule has 1 fully saturated rings. The van der Waals surface area contributed by atoms with Crippen LogP contribution in [0, 0.1) is 6.92 Å². The van der Waals surface area contributed by atoms with Gasteiger partial charge in [-0.3, -0.25) is 9.59 Å². The van der Waals surface area contributed by atoms with E-state index in [9.17, 15) is 19.8 Å². The Hall–Kier alpha value is -3.16. The Bertz CT molecular complexity index is 1330. The first-order valence-electron chi connectivity index (χ1n) is 11.7. The fourth-order valence-electron chi connectivity index (χ4n) is 5.05. The Balaban J connectivity index is 1.60. The summed E-state index contributed by atoms with van der Waals surface area (Å²) in [6.07, 6.45) is 4.68. The highest BCUT2D eigenvalue weighted by Crippen LogP contribution is 2.45. The van der Waals surface area contributed by atoms with Crippen molar-refractivity contribution in [3.05, 3.63) is 81.0 Å². The van der Waals surface area contributed by atoms with Gasteiger partial charge in [0.1, 0.15) is 10.8 Å². The number of carbonyl (C=O) groups excluding carboxylic acids is 2. The fraction of sp³-hybridized carbons (Fsp3) is 0.296. The summed E-state index contributed by atoms with van der Waals surface area (Å²) in [6.45, 7) is 1.76. The van der Waals surface area contributed by atoms with Crippen LogP contribution in [-0.2, 0) is 4.79 Å². The number of aliphatic hydroxyl groups excluding tert-OH is 1. The van der Waals surface area contributed by atoms with Gasteiger partial charge in [0.25, 0.3) is 5.91 Å². The van der Waals surface area contributed by atoms with E-state index in [0.29, 0.717) is 21.1 Å². The van der Waals surface area contributed by atoms with Crippen molar-refractivity contribution in [3.63, 3.8) is 0 Å². The minimum absolute atomic E-state index is 0.0358. The number of aryl methyl sites for hydroxylation is 1. The minimum Gasteiger partial charge on any atom is -0.506 e. The number of Topliss-reactive ketones (excluding diaryl/α,β-unsaturated/α-hetero) is 1. The summed E-state index contributed by atoms with van der Waals surface area (Å²) in [5, 5.41) is 21.8. The molecule has 6 nitrogen and oxygen atoms in total. The van der Waals surface area contributed by atoms with Gasteiger partial charge in [-0.15, -0.1) is 11.3 Å². The third-order valence-electron chi connectivity index (χ3n) is 6.77. The molecule has 1 aromatic heterocycles. The summed E-state index contributed by atoms with van der Waals surface area (Å²) >= 11 is 7.46. The van der Waals surface area contributed by atoms with Gasteiger partial charge in [0.05, 0.1) is 27.2 Å². The van der Waals surface area contributed by atoms with Crippen molar-refractivity contribution in [2.24, 2.45) is 0 Å². The molecule has 35 heavy (non-hydrogen) atoms. The number of thiazole rings is 1. The van der Waals surface area contributed by atoms with Crippen molar-refractivity contribution < 1.29 is 19.8 Å². The van der Waals surface area contributed by atoms with Crippen LogP contribution < -0.4 is 0 Å². The molecule has 0 saturated heterocycles. The summed E-state index contributed by atoms with van der Waals surface area (Å²) in [6, 6.07) is 13.3. The number of amides is 1. The first-order valence-corrected chi connectivity index (χ1v) is 12.9. The van der Waals surface area contributed by atoms with E-state index in [1.165, 1.54) is 17.4 Å². The Morgan fingerprint density at radius 1 is 1.09 bits per heavy atom. The SMILES string of the molecule is Cc1nc(-c2ccccc2)sc1C(=O)C1=C(O)C(=O)N(C2CCCCC2)C1c1ccc(O)c(Cl)c1. The molecule has 180 valence electrons. The average molecular weight is 509 g/mol. The first-order chi connectivity index (χ1) is 16.9. The van der Waals surface area contributed by atoms with Crippen LogP contribution in [0.5, 0.6) is 5.75 Å². The largest absolute Gasteiger partial charge is 0.506 e. The lowest BCUT2D eigenvalue weighted by Crippen LogP contribution is -2.41. The van der Waals surface area contributed by atoms with E-state index in [-0.39, 0.29) is 22.4 Å². The van der Waals surface area contributed by atoms with Gasteiger partial charge >= 0.3 is 0 Å². The number of aliphatic hydroxyl groups is 1. The van der Waals surface area contributed by atoms with E-state index in [1.807, 2.05) is 30.3 Å². The molecule has 2 aliphatic rings. The Labute approximate surface area is 212 Å². The number of aromatic hydroxyl groups is 1. The molecule has 0 radical (unpaired) electrons. The third-order valence-corrected chi connectivity index (χ3v) is 8.28. The monoisotopic (exact) mass is 508 g/mol. The quantitative estimate of drug-likeness (QED) is 0.390. The van der Waals surface area contributed by atoms with Crippen LogP contribution >= 0.6 is 22.9 Å². The highest BCUT2D eigenvalue weighted by Gasteiger charge is 2.47. The summed E-state index contributed by atoms with van der Waals surface area (Å²) < 4.78 is 0. The van der Waals surface area contributed by atoms with Crippen molar-refractivity contribution in [2.75, 3.05) is 0 Å². The molecule has 1 saturated carbocycles. The Morgan fingerprint density at radius 3 is 2.49 bits per heavy atom. The molecule has 2 aromatic carbocycles. The van der Waals surface area contributed by atoms with Crippen LogP contribution in [0.1, 0.15) is 59.1 Å². The number of ketones is 1. The smallest absolute Gasteiger partial charge is 0.290 e. The molecule has 5 rings (SSSR count). The lowest BCUT2D eigenvalue weighted by Gasteiger charge is -2.36. The van der Waals surface area contributed by atoms with Crippen LogP contribution in [0.25, 0.3) is 10.6 Å². The first kappa shape index (κ1) is 23.6. The number of hydrogen-bond acceptors (Lipinski definition) is 6. The fourth-order valence-corrected chi connectivity index (χ4v) is 6.26. The van der Waals surface area contributed by atoms with E-state index >= 15 is 0 Å². The topological polar surface area (TPSA) is 90.7 Å². The number of rotatable bonds is 5. The molecule has 1 aliphatic heterocycles. The average Bonchev–Trinajstić information content (AvgIpc) is 3.39. The molecule has 1 atom stereocenters. The highest BCUT2D eigenvalue weighted by molar-refractivity contribution is 7.17. The van der Waals surface area contributed by atoms with E-state index in [4.69, 9.17) is 11.6 Å². The molecular formula is C27H25ClN2O4S. The van der Waals surface area contributed by atoms with Crippen LogP contribution in [-0.4, -0.2) is 37.8 Å². The second-order valence-corrected chi connectivity index (χ2v) is 10.4. The van der Waals surface area contributed by atoms with Gasteiger partial charge < -0.3 is 15.1 Å². The van der Waals surface area contributed by atoms with E-state index in [0.717, 1.165) is 37.7 Å². The van der Waals surface area contributed by atoms with Crippen molar-refractivity contribution in [1.29, 1.82) is 0 Å². The number of carbonyl (C=O) groups is 2. The van der Waals surface area contributed by atoms with E-state index in [1.54, 1.807) is 24.0 Å². The molecule has 2 heterocycles. The van der Waals surface area contributed by atoms with Gasteiger partial charge in [-0.05, 0) is 37.5 Å². The zero-order valence-electron chi connectivity index (χ0n) is 19.2. The van der Waals surface area contributed by atoms with Crippen molar-refractivity contribution >= 4 is 34.6 Å². The van der Waals surface area contributed by atoms with Gasteiger partial charge in [0.15, 0.2) is 5.76 Å². The molecule has 1 aliphatic carbocycles. The third kappa shape index (κ3) is 4.23. The Kier molecular flexibility index (Phi) is 6.38. The van der Waals surface area contributed by atoms with Gasteiger partial charge in [0, 0.05) is 11.6 Å². The molecular weight excluding hydrogens is 484 g/mol. The van der Waals surface area contributed by atoms with Crippen molar-refractivity contribution in [2.45, 2.75) is 51.1 Å². The number of nitrogens with zero attached hydrogens (tertiary/aromatic N) is 2. The van der Waals surface area contributed by atoms with Gasteiger partial charge in [-0.2, -0.15) is 0 Å². The number of phenols is 1. The van der Waals surface area contributed by atoms with E-state index in [2.05, 4.69) is 4.98 Å². The predicted octanol–water partition coefficient (Wildman–Crippen LogP) is 6.39. The number of phenolic OH excluding ortho intramolecular Hbond substituents is 1. The molecule has 1 unspecified atom stereocenters. The summed E-state index contributed by atoms with van der Waals surface area (Å²) in [5.41, 5.74) is 2.05. The normalized spacial score (nSPS) is 19.0. The van der Waals surface area contributed by atoms with Gasteiger partial charge in [-0.25, -0.2) is 4.98 Å². The van der Waals surface area contributed by atoms with Crippen LogP contribution in [0.15, 0.2) is 59.9 Å². The number of aromatic nitrogens is 1. The Morgan fingerprint density at radius 2 is 1.80 bits per heavy atom. The lowest BCUT2D eigenvalue weighted by atomic mass is 9.90. The zero-order valence-corrected chi connectivity index (χ0v) is 20.8. The molecule has 0 bridgehead atoms. The van der Waals surface area contributed by atoms with Crippen molar-refractivity contribution in [3.8, 4) is 16.3 Å². The van der Waals surface area contributed by atoms with Crippen LogP contribution in [0.4, 0.5) is 0 Å². The summed E-state index contributed by atoms with van der Waals surface area (Å²) in [5.74, 6) is -1.57.